The van der Waals surface area contributed by atoms with Crippen LogP contribution in [0.15, 0.2) is 121 Å². The average Bonchev–Trinajstić information content (AvgIpc) is 3.02. The van der Waals surface area contributed by atoms with Gasteiger partial charge in [0.2, 0.25) is 0 Å². The summed E-state index contributed by atoms with van der Waals surface area (Å²) in [5, 5.41) is 0. The molecule has 2 heteroatoms. The Balaban J connectivity index is 1.38. The van der Waals surface area contributed by atoms with Crippen molar-refractivity contribution in [1.29, 1.82) is 0 Å². The SMILES string of the molecule is CCN(CC)c1cccc(C=Cc2ccc(N(c3ccc(C)cc3)c3ccc(C=Cc4cccc(C)c4)cc3)cc2)c1. The number of nitrogens with zero attached hydrogens (tertiary/aromatic N) is 2. The van der Waals surface area contributed by atoms with Gasteiger partial charge in [0.15, 0.2) is 0 Å². The molecule has 2 nitrogen and oxygen atoms in total. The fourth-order valence-electron chi connectivity index (χ4n) is 5.18. The number of aryl methyl sites for hydroxylation is 2. The molecule has 0 saturated heterocycles. The Bertz CT molecular complexity index is 1640. The van der Waals surface area contributed by atoms with E-state index in [4.69, 9.17) is 0 Å². The fraction of sp³-hybridized carbons (Fsp3) is 0.150. The zero-order valence-electron chi connectivity index (χ0n) is 25.2. The second-order valence-corrected chi connectivity index (χ2v) is 10.7. The van der Waals surface area contributed by atoms with E-state index in [0.717, 1.165) is 30.2 Å². The summed E-state index contributed by atoms with van der Waals surface area (Å²) in [6, 6.07) is 43.6. The molecule has 0 aromatic heterocycles. The van der Waals surface area contributed by atoms with Crippen LogP contribution in [0.2, 0.25) is 0 Å². The molecule has 0 aliphatic heterocycles. The molecule has 5 rings (SSSR count). The summed E-state index contributed by atoms with van der Waals surface area (Å²) in [7, 11) is 0. The van der Waals surface area contributed by atoms with Crippen molar-refractivity contribution in [3.05, 3.63) is 155 Å². The minimum Gasteiger partial charge on any atom is -0.372 e. The summed E-state index contributed by atoms with van der Waals surface area (Å²) in [6.45, 7) is 10.7. The van der Waals surface area contributed by atoms with Gasteiger partial charge in [0, 0.05) is 35.8 Å². The Morgan fingerprint density at radius 3 is 1.38 bits per heavy atom. The standard InChI is InChI=1S/C40H40N2/c1-5-41(6-2)40-12-8-11-36(30-40)18-16-34-21-27-39(28-22-34)42(37-23-13-31(3)14-24-37)38-25-19-33(20-26-38)15-17-35-10-7-9-32(4)29-35/h7-30H,5-6H2,1-4H3. The van der Waals surface area contributed by atoms with Crippen molar-refractivity contribution in [2.75, 3.05) is 22.9 Å². The van der Waals surface area contributed by atoms with Crippen molar-refractivity contribution in [1.82, 2.24) is 0 Å². The van der Waals surface area contributed by atoms with E-state index in [1.165, 1.54) is 39.1 Å². The van der Waals surface area contributed by atoms with E-state index in [1.807, 2.05) is 0 Å². The zero-order valence-corrected chi connectivity index (χ0v) is 25.2. The maximum Gasteiger partial charge on any atom is 0.0462 e. The van der Waals surface area contributed by atoms with Crippen molar-refractivity contribution in [2.24, 2.45) is 0 Å². The van der Waals surface area contributed by atoms with Crippen molar-refractivity contribution in [3.8, 4) is 0 Å². The van der Waals surface area contributed by atoms with Crippen molar-refractivity contribution < 1.29 is 0 Å². The number of hydrogen-bond acceptors (Lipinski definition) is 2. The van der Waals surface area contributed by atoms with Crippen LogP contribution in [0.1, 0.15) is 47.2 Å². The van der Waals surface area contributed by atoms with Crippen molar-refractivity contribution >= 4 is 47.1 Å². The molecule has 0 unspecified atom stereocenters. The molecule has 0 bridgehead atoms. The molecule has 0 aliphatic carbocycles. The van der Waals surface area contributed by atoms with Gasteiger partial charge in [-0.3, -0.25) is 0 Å². The van der Waals surface area contributed by atoms with Crippen LogP contribution in [-0.4, -0.2) is 13.1 Å². The first-order valence-electron chi connectivity index (χ1n) is 14.9. The van der Waals surface area contributed by atoms with Gasteiger partial charge in [0.25, 0.3) is 0 Å². The van der Waals surface area contributed by atoms with Crippen molar-refractivity contribution in [2.45, 2.75) is 27.7 Å². The Morgan fingerprint density at radius 1 is 0.429 bits per heavy atom. The molecule has 0 spiro atoms. The molecule has 0 atom stereocenters. The summed E-state index contributed by atoms with van der Waals surface area (Å²) in [5.74, 6) is 0. The van der Waals surface area contributed by atoms with E-state index in [-0.39, 0.29) is 0 Å². The normalized spacial score (nSPS) is 11.3. The van der Waals surface area contributed by atoms with Crippen LogP contribution in [0, 0.1) is 13.8 Å². The fourth-order valence-corrected chi connectivity index (χ4v) is 5.18. The Hall–Kier alpha value is -4.82. The molecule has 0 aliphatic rings. The van der Waals surface area contributed by atoms with Gasteiger partial charge >= 0.3 is 0 Å². The van der Waals surface area contributed by atoms with Gasteiger partial charge in [-0.2, -0.15) is 0 Å². The van der Waals surface area contributed by atoms with Crippen LogP contribution >= 0.6 is 0 Å². The molecule has 0 radical (unpaired) electrons. The van der Waals surface area contributed by atoms with Gasteiger partial charge < -0.3 is 9.80 Å². The van der Waals surface area contributed by atoms with Crippen LogP contribution in [-0.2, 0) is 0 Å². The van der Waals surface area contributed by atoms with Crippen LogP contribution in [0.4, 0.5) is 22.7 Å². The Kier molecular flexibility index (Phi) is 9.36. The second kappa shape index (κ2) is 13.7. The van der Waals surface area contributed by atoms with Crippen molar-refractivity contribution in [3.63, 3.8) is 0 Å². The third-order valence-electron chi connectivity index (χ3n) is 7.57. The first-order chi connectivity index (χ1) is 20.5. The van der Waals surface area contributed by atoms with Crippen LogP contribution in [0.25, 0.3) is 24.3 Å². The lowest BCUT2D eigenvalue weighted by Crippen LogP contribution is -2.21. The van der Waals surface area contributed by atoms with E-state index in [1.54, 1.807) is 0 Å². The lowest BCUT2D eigenvalue weighted by molar-refractivity contribution is 0.866. The van der Waals surface area contributed by atoms with E-state index in [2.05, 4.69) is 183 Å². The monoisotopic (exact) mass is 548 g/mol. The topological polar surface area (TPSA) is 6.48 Å². The molecule has 210 valence electrons. The third kappa shape index (κ3) is 7.27. The Morgan fingerprint density at radius 2 is 0.881 bits per heavy atom. The zero-order chi connectivity index (χ0) is 29.3. The molecule has 0 saturated carbocycles. The number of rotatable bonds is 10. The van der Waals surface area contributed by atoms with Gasteiger partial charge in [0.05, 0.1) is 0 Å². The molecule has 0 fully saturated rings. The lowest BCUT2D eigenvalue weighted by atomic mass is 10.1. The van der Waals surface area contributed by atoms with E-state index < -0.39 is 0 Å². The molecule has 0 heterocycles. The first kappa shape index (κ1) is 28.7. The minimum absolute atomic E-state index is 1.01. The highest BCUT2D eigenvalue weighted by molar-refractivity contribution is 5.79. The maximum atomic E-state index is 2.37. The van der Waals surface area contributed by atoms with Crippen LogP contribution in [0.5, 0.6) is 0 Å². The largest absolute Gasteiger partial charge is 0.372 e. The minimum atomic E-state index is 1.01. The van der Waals surface area contributed by atoms with Gasteiger partial charge in [-0.05, 0) is 98.5 Å². The Labute approximate surface area is 251 Å². The van der Waals surface area contributed by atoms with Gasteiger partial charge in [0.1, 0.15) is 0 Å². The second-order valence-electron chi connectivity index (χ2n) is 10.7. The number of hydrogen-bond donors (Lipinski definition) is 0. The predicted octanol–water partition coefficient (Wildman–Crippen LogP) is 11.0. The van der Waals surface area contributed by atoms with Gasteiger partial charge in [-0.25, -0.2) is 0 Å². The summed E-state index contributed by atoms with van der Waals surface area (Å²) in [6.07, 6.45) is 8.74. The molecule has 42 heavy (non-hydrogen) atoms. The number of benzene rings is 5. The molecular weight excluding hydrogens is 508 g/mol. The smallest absolute Gasteiger partial charge is 0.0462 e. The van der Waals surface area contributed by atoms with Gasteiger partial charge in [-0.15, -0.1) is 0 Å². The van der Waals surface area contributed by atoms with E-state index in [9.17, 15) is 0 Å². The molecule has 5 aromatic rings. The van der Waals surface area contributed by atoms with E-state index >= 15 is 0 Å². The highest BCUT2D eigenvalue weighted by Crippen LogP contribution is 2.35. The third-order valence-corrected chi connectivity index (χ3v) is 7.57. The summed E-state index contributed by atoms with van der Waals surface area (Å²) in [5.41, 5.74) is 12.0. The summed E-state index contributed by atoms with van der Waals surface area (Å²) < 4.78 is 0. The lowest BCUT2D eigenvalue weighted by Gasteiger charge is -2.26. The highest BCUT2D eigenvalue weighted by Gasteiger charge is 2.12. The van der Waals surface area contributed by atoms with Crippen LogP contribution < -0.4 is 9.80 Å². The highest BCUT2D eigenvalue weighted by atomic mass is 15.1. The average molecular weight is 549 g/mol. The summed E-state index contributed by atoms with van der Waals surface area (Å²) >= 11 is 0. The molecule has 0 amide bonds. The molecule has 0 N–H and O–H groups in total. The molecule has 5 aromatic carbocycles. The van der Waals surface area contributed by atoms with Crippen LogP contribution in [0.3, 0.4) is 0 Å². The first-order valence-corrected chi connectivity index (χ1v) is 14.9. The maximum absolute atomic E-state index is 2.37. The van der Waals surface area contributed by atoms with Gasteiger partial charge in [-0.1, -0.05) is 108 Å². The summed E-state index contributed by atoms with van der Waals surface area (Å²) in [4.78, 5) is 4.69. The van der Waals surface area contributed by atoms with E-state index in [0.29, 0.717) is 0 Å². The number of anilines is 4. The molecular formula is C40H40N2. The predicted molar refractivity (Wildman–Crippen MR) is 185 cm³/mol. The quantitative estimate of drug-likeness (QED) is 0.160.